The van der Waals surface area contributed by atoms with E-state index in [0.717, 1.165) is 4.70 Å². The molecule has 15 heteroatoms. The first-order chi connectivity index (χ1) is 16.9. The van der Waals surface area contributed by atoms with Crippen LogP contribution in [0.4, 0.5) is 0 Å². The Bertz CT molecular complexity index is 1800. The molecule has 4 rings (SSSR count). The molecule has 192 valence electrons. The van der Waals surface area contributed by atoms with Crippen molar-refractivity contribution in [1.82, 2.24) is 9.47 Å². The molecule has 3 heterocycles. The van der Waals surface area contributed by atoms with Crippen LogP contribution in [-0.4, -0.2) is 41.3 Å². The number of allylic oxidation sites excluding steroid dienone is 2. The Morgan fingerprint density at radius 3 is 2.46 bits per heavy atom. The molecule has 37 heavy (non-hydrogen) atoms. The third-order valence-corrected chi connectivity index (χ3v) is 9.79. The predicted molar refractivity (Wildman–Crippen MR) is 144 cm³/mol. The van der Waals surface area contributed by atoms with Gasteiger partial charge in [-0.05, 0) is 54.5 Å². The summed E-state index contributed by atoms with van der Waals surface area (Å²) in [6.07, 6.45) is 4.94. The zero-order valence-corrected chi connectivity index (χ0v) is 26.2. The van der Waals surface area contributed by atoms with Crippen molar-refractivity contribution in [3.8, 4) is 0 Å². The Morgan fingerprint density at radius 2 is 1.81 bits per heavy atom. The number of thioether (sulfide) groups is 1. The predicted octanol–water partition coefficient (Wildman–Crippen LogP) is -0.600. The van der Waals surface area contributed by atoms with Crippen molar-refractivity contribution in [2.45, 2.75) is 26.1 Å². The van der Waals surface area contributed by atoms with Gasteiger partial charge in [-0.25, -0.2) is 8.42 Å². The SMILES string of the molecule is CCn1c(=Cc2sc3ccccc3c2CS(=O)(=O)[O-])s/c(=C\C=C2\SC=C(C)N2CS(=O)(=O)O)c1=O.[Na+]. The van der Waals surface area contributed by atoms with Crippen LogP contribution in [0.1, 0.15) is 24.3 Å². The van der Waals surface area contributed by atoms with E-state index in [1.165, 1.54) is 39.3 Å². The maximum Gasteiger partial charge on any atom is 1.00 e. The first-order valence-corrected chi connectivity index (χ1v) is 16.2. The van der Waals surface area contributed by atoms with Crippen molar-refractivity contribution in [3.05, 3.63) is 76.5 Å². The maximum atomic E-state index is 13.1. The molecule has 3 aromatic rings. The summed E-state index contributed by atoms with van der Waals surface area (Å²) >= 11 is 3.82. The first kappa shape index (κ1) is 30.3. The minimum absolute atomic E-state index is 0. The van der Waals surface area contributed by atoms with Crippen molar-refractivity contribution >= 4 is 76.9 Å². The Kier molecular flexibility index (Phi) is 9.76. The van der Waals surface area contributed by atoms with Crippen molar-refractivity contribution < 1.29 is 55.5 Å². The Labute approximate surface area is 248 Å². The van der Waals surface area contributed by atoms with E-state index in [2.05, 4.69) is 0 Å². The number of aromatic nitrogens is 1. The van der Waals surface area contributed by atoms with Gasteiger partial charge in [0.25, 0.3) is 15.7 Å². The molecule has 0 spiro atoms. The Balaban J connectivity index is 0.00000380. The van der Waals surface area contributed by atoms with E-state index in [9.17, 15) is 30.7 Å². The van der Waals surface area contributed by atoms with Gasteiger partial charge in [0.2, 0.25) is 0 Å². The first-order valence-electron chi connectivity index (χ1n) is 10.5. The number of thiophene rings is 1. The molecule has 1 N–H and O–H groups in total. The number of nitrogens with zero attached hydrogens (tertiary/aromatic N) is 2. The van der Waals surface area contributed by atoms with Crippen LogP contribution < -0.4 is 44.3 Å². The van der Waals surface area contributed by atoms with Crippen LogP contribution in [0.15, 0.2) is 51.3 Å². The zero-order valence-electron chi connectivity index (χ0n) is 20.1. The second-order valence-electron chi connectivity index (χ2n) is 7.83. The van der Waals surface area contributed by atoms with E-state index in [4.69, 9.17) is 0 Å². The van der Waals surface area contributed by atoms with E-state index in [1.54, 1.807) is 47.3 Å². The van der Waals surface area contributed by atoms with Crippen molar-refractivity contribution in [2.24, 2.45) is 0 Å². The van der Waals surface area contributed by atoms with E-state index in [0.29, 0.717) is 42.3 Å². The topological polar surface area (TPSA) is 137 Å². The molecule has 0 saturated heterocycles. The molecule has 0 atom stereocenters. The summed E-state index contributed by atoms with van der Waals surface area (Å²) in [4.78, 5) is 15.1. The summed E-state index contributed by atoms with van der Waals surface area (Å²) in [5.41, 5.74) is 0.805. The molecule has 9 nitrogen and oxygen atoms in total. The summed E-state index contributed by atoms with van der Waals surface area (Å²) in [7, 11) is -8.78. The molecule has 1 aromatic carbocycles. The fourth-order valence-corrected chi connectivity index (χ4v) is 8.38. The average molecular weight is 609 g/mol. The average Bonchev–Trinajstić information content (AvgIpc) is 3.39. The molecule has 1 aliphatic rings. The number of rotatable bonds is 7. The van der Waals surface area contributed by atoms with Crippen LogP contribution in [-0.2, 0) is 32.5 Å². The smallest absolute Gasteiger partial charge is 0.748 e. The molecule has 0 amide bonds. The normalized spacial score (nSPS) is 16.6. The van der Waals surface area contributed by atoms with E-state index < -0.39 is 31.9 Å². The van der Waals surface area contributed by atoms with Gasteiger partial charge >= 0.3 is 29.6 Å². The van der Waals surface area contributed by atoms with Gasteiger partial charge < -0.3 is 9.45 Å². The summed E-state index contributed by atoms with van der Waals surface area (Å²) in [5, 5.41) is 2.97. The zero-order chi connectivity index (χ0) is 26.3. The molecule has 0 aliphatic carbocycles. The van der Waals surface area contributed by atoms with Gasteiger partial charge in [0.1, 0.15) is 0 Å². The summed E-state index contributed by atoms with van der Waals surface area (Å²) in [6.45, 7) is 3.90. The van der Waals surface area contributed by atoms with Gasteiger partial charge in [0.15, 0.2) is 5.88 Å². The third kappa shape index (κ3) is 7.26. The molecule has 2 aromatic heterocycles. The summed E-state index contributed by atoms with van der Waals surface area (Å²) < 4.78 is 70.1. The Hall–Kier alpha value is -1.20. The van der Waals surface area contributed by atoms with Crippen LogP contribution in [0.25, 0.3) is 22.2 Å². The van der Waals surface area contributed by atoms with Gasteiger partial charge in [-0.1, -0.05) is 30.0 Å². The molecule has 0 fully saturated rings. The molecular formula is C22H21N2NaO7S5. The second-order valence-corrected chi connectivity index (χ2v) is 13.7. The van der Waals surface area contributed by atoms with Crippen molar-refractivity contribution in [3.63, 3.8) is 0 Å². The maximum absolute atomic E-state index is 13.1. The van der Waals surface area contributed by atoms with Crippen LogP contribution in [0.3, 0.4) is 0 Å². The third-order valence-electron chi connectivity index (χ3n) is 5.27. The van der Waals surface area contributed by atoms with Gasteiger partial charge in [-0.2, -0.15) is 8.42 Å². The quantitative estimate of drug-likeness (QED) is 0.275. The Morgan fingerprint density at radius 1 is 1.11 bits per heavy atom. The van der Waals surface area contributed by atoms with Crippen molar-refractivity contribution in [2.75, 3.05) is 5.88 Å². The molecule has 0 unspecified atom stereocenters. The van der Waals surface area contributed by atoms with Gasteiger partial charge in [0.05, 0.1) is 30.1 Å². The fourth-order valence-electron chi connectivity index (χ4n) is 3.68. The number of thiazole rings is 1. The van der Waals surface area contributed by atoms with E-state index in [1.807, 2.05) is 19.1 Å². The number of hydrogen-bond donors (Lipinski definition) is 1. The van der Waals surface area contributed by atoms with Crippen LogP contribution >= 0.6 is 34.4 Å². The van der Waals surface area contributed by atoms with E-state index >= 15 is 0 Å². The number of benzene rings is 1. The number of fused-ring (bicyclic) bond motifs is 1. The largest absolute Gasteiger partial charge is 1.00 e. The second kappa shape index (κ2) is 11.9. The van der Waals surface area contributed by atoms with Crippen molar-refractivity contribution in [1.29, 1.82) is 0 Å². The van der Waals surface area contributed by atoms with Crippen LogP contribution in [0.2, 0.25) is 0 Å². The van der Waals surface area contributed by atoms with E-state index in [-0.39, 0.29) is 35.1 Å². The summed E-state index contributed by atoms with van der Waals surface area (Å²) in [6, 6.07) is 7.22. The van der Waals surface area contributed by atoms with Gasteiger partial charge in [0, 0.05) is 21.8 Å². The van der Waals surface area contributed by atoms with Gasteiger partial charge in [-0.15, -0.1) is 22.7 Å². The number of hydrogen-bond acceptors (Lipinski definition) is 10. The minimum Gasteiger partial charge on any atom is -0.748 e. The molecular weight excluding hydrogens is 588 g/mol. The van der Waals surface area contributed by atoms with Crippen LogP contribution in [0.5, 0.6) is 0 Å². The molecule has 1 aliphatic heterocycles. The fraction of sp³-hybridized carbons (Fsp3) is 0.227. The standard InChI is InChI=1S/C22H22N2O7S5.Na/c1-3-23-21(10-19-16(12-35(26,27)28)15-6-4-5-7-17(15)33-19)34-18(22(23)25)8-9-20-24(13-36(29,30)31)14(2)11-32-20;/h4-11H,3,12-13H2,1-2H3,(H,26,27,28)(H,29,30,31);/q;+1/p-1/b18-8-,20-9+,21-10?;. The van der Waals surface area contributed by atoms with Gasteiger partial charge in [-0.3, -0.25) is 13.9 Å². The summed E-state index contributed by atoms with van der Waals surface area (Å²) in [5.74, 6) is -1.25. The molecule has 0 bridgehead atoms. The van der Waals surface area contributed by atoms with Crippen LogP contribution in [0, 0.1) is 0 Å². The minimum atomic E-state index is -4.53. The molecule has 0 saturated carbocycles. The monoisotopic (exact) mass is 608 g/mol. The molecule has 0 radical (unpaired) electrons.